The molecule has 1 N–H and O–H groups in total. The molecule has 4 heteroatoms. The topological polar surface area (TPSA) is 47.6 Å². The average Bonchev–Trinajstić information content (AvgIpc) is 2.29. The predicted molar refractivity (Wildman–Crippen MR) is 67.4 cm³/mol. The van der Waals surface area contributed by atoms with Crippen LogP contribution in [0.2, 0.25) is 0 Å². The number of esters is 1. The third-order valence-corrected chi connectivity index (χ3v) is 2.42. The average molecular weight is 237 g/mol. The molecule has 0 aliphatic rings. The number of aryl methyl sites for hydroxylation is 1. The Labute approximate surface area is 102 Å². The number of ether oxygens (including phenoxy) is 2. The van der Waals surface area contributed by atoms with Crippen molar-refractivity contribution < 1.29 is 14.3 Å². The fraction of sp³-hybridized carbons (Fsp3) is 0.462. The summed E-state index contributed by atoms with van der Waals surface area (Å²) in [4.78, 5) is 11.4. The molecule has 0 aliphatic carbocycles. The lowest BCUT2D eigenvalue weighted by Crippen LogP contribution is -2.28. The summed E-state index contributed by atoms with van der Waals surface area (Å²) in [5.74, 6) is 0.584. The van der Waals surface area contributed by atoms with Crippen LogP contribution in [0.3, 0.4) is 0 Å². The van der Waals surface area contributed by atoms with Crippen molar-refractivity contribution in [2.75, 3.05) is 19.0 Å². The second-order valence-electron chi connectivity index (χ2n) is 3.80. The second kappa shape index (κ2) is 6.13. The highest BCUT2D eigenvalue weighted by molar-refractivity contribution is 5.78. The third kappa shape index (κ3) is 3.66. The van der Waals surface area contributed by atoms with Crippen LogP contribution >= 0.6 is 0 Å². The van der Waals surface area contributed by atoms with Crippen LogP contribution in [0.4, 0.5) is 5.69 Å². The first-order valence-electron chi connectivity index (χ1n) is 5.66. The van der Waals surface area contributed by atoms with E-state index in [1.165, 1.54) is 0 Å². The van der Waals surface area contributed by atoms with Gasteiger partial charge in [-0.15, -0.1) is 0 Å². The highest BCUT2D eigenvalue weighted by Gasteiger charge is 2.13. The maximum Gasteiger partial charge on any atom is 0.328 e. The van der Waals surface area contributed by atoms with E-state index in [9.17, 15) is 4.79 Å². The molecule has 0 fully saturated rings. The Morgan fingerprint density at radius 3 is 2.71 bits per heavy atom. The summed E-state index contributed by atoms with van der Waals surface area (Å²) in [7, 11) is 1.64. The number of hydrogen-bond acceptors (Lipinski definition) is 4. The lowest BCUT2D eigenvalue weighted by atomic mass is 10.2. The van der Waals surface area contributed by atoms with E-state index < -0.39 is 0 Å². The largest absolute Gasteiger partial charge is 0.496 e. The van der Waals surface area contributed by atoms with Crippen LogP contribution in [-0.4, -0.2) is 25.7 Å². The van der Waals surface area contributed by atoms with Gasteiger partial charge in [-0.1, -0.05) is 0 Å². The molecule has 0 saturated carbocycles. The van der Waals surface area contributed by atoms with Crippen molar-refractivity contribution in [1.82, 2.24) is 0 Å². The Morgan fingerprint density at radius 1 is 1.47 bits per heavy atom. The summed E-state index contributed by atoms with van der Waals surface area (Å²) in [5, 5.41) is 3.09. The molecule has 1 atom stereocenters. The molecule has 0 aromatic heterocycles. The smallest absolute Gasteiger partial charge is 0.328 e. The Morgan fingerprint density at radius 2 is 2.18 bits per heavy atom. The monoisotopic (exact) mass is 237 g/mol. The van der Waals surface area contributed by atoms with Gasteiger partial charge in [-0.05, 0) is 44.5 Å². The molecule has 1 unspecified atom stereocenters. The first kappa shape index (κ1) is 13.4. The molecule has 1 aromatic rings. The molecule has 0 bridgehead atoms. The van der Waals surface area contributed by atoms with Gasteiger partial charge >= 0.3 is 5.97 Å². The van der Waals surface area contributed by atoms with Crippen LogP contribution in [0.5, 0.6) is 5.75 Å². The van der Waals surface area contributed by atoms with Gasteiger partial charge in [0.15, 0.2) is 0 Å². The van der Waals surface area contributed by atoms with Crippen molar-refractivity contribution in [3.63, 3.8) is 0 Å². The van der Waals surface area contributed by atoms with Crippen LogP contribution < -0.4 is 10.1 Å². The number of hydrogen-bond donors (Lipinski definition) is 1. The molecule has 0 spiro atoms. The molecule has 1 aromatic carbocycles. The minimum absolute atomic E-state index is 0.249. The van der Waals surface area contributed by atoms with E-state index in [4.69, 9.17) is 9.47 Å². The van der Waals surface area contributed by atoms with Crippen LogP contribution in [0, 0.1) is 6.92 Å². The molecular formula is C13H19NO3. The Hall–Kier alpha value is -1.71. The summed E-state index contributed by atoms with van der Waals surface area (Å²) in [6.07, 6.45) is 0. The molecule has 94 valence electrons. The molecule has 0 heterocycles. The van der Waals surface area contributed by atoms with Crippen molar-refractivity contribution in [2.45, 2.75) is 26.8 Å². The molecular weight excluding hydrogens is 218 g/mol. The lowest BCUT2D eigenvalue weighted by Gasteiger charge is -2.15. The normalized spacial score (nSPS) is 11.8. The molecule has 0 amide bonds. The van der Waals surface area contributed by atoms with Crippen molar-refractivity contribution in [3.8, 4) is 5.75 Å². The molecule has 4 nitrogen and oxygen atoms in total. The van der Waals surface area contributed by atoms with Gasteiger partial charge in [0.25, 0.3) is 0 Å². The van der Waals surface area contributed by atoms with Crippen LogP contribution in [-0.2, 0) is 9.53 Å². The molecule has 0 saturated heterocycles. The van der Waals surface area contributed by atoms with Crippen LogP contribution in [0.25, 0.3) is 0 Å². The van der Waals surface area contributed by atoms with E-state index in [1.807, 2.05) is 25.1 Å². The number of anilines is 1. The fourth-order valence-electron chi connectivity index (χ4n) is 1.54. The zero-order valence-electron chi connectivity index (χ0n) is 10.7. The maximum atomic E-state index is 11.4. The van der Waals surface area contributed by atoms with E-state index in [-0.39, 0.29) is 12.0 Å². The first-order valence-corrected chi connectivity index (χ1v) is 5.66. The van der Waals surface area contributed by atoms with Gasteiger partial charge < -0.3 is 14.8 Å². The highest BCUT2D eigenvalue weighted by Crippen LogP contribution is 2.21. The minimum atomic E-state index is -0.359. The van der Waals surface area contributed by atoms with Crippen molar-refractivity contribution >= 4 is 11.7 Å². The van der Waals surface area contributed by atoms with Crippen LogP contribution in [0.15, 0.2) is 18.2 Å². The molecule has 1 rings (SSSR count). The molecule has 0 aliphatic heterocycles. The Balaban J connectivity index is 2.68. The van der Waals surface area contributed by atoms with Crippen molar-refractivity contribution in [2.24, 2.45) is 0 Å². The number of carbonyl (C=O) groups excluding carboxylic acids is 1. The minimum Gasteiger partial charge on any atom is -0.496 e. The van der Waals surface area contributed by atoms with Crippen LogP contribution in [0.1, 0.15) is 19.4 Å². The number of rotatable bonds is 5. The third-order valence-electron chi connectivity index (χ3n) is 2.42. The molecule has 17 heavy (non-hydrogen) atoms. The zero-order valence-corrected chi connectivity index (χ0v) is 10.7. The summed E-state index contributed by atoms with van der Waals surface area (Å²) in [6, 6.07) is 5.33. The second-order valence-corrected chi connectivity index (χ2v) is 3.80. The Kier molecular flexibility index (Phi) is 4.82. The SMILES string of the molecule is CCOC(=O)C(C)Nc1ccc(OC)c(C)c1. The number of benzene rings is 1. The van der Waals surface area contributed by atoms with Gasteiger partial charge in [-0.2, -0.15) is 0 Å². The van der Waals surface area contributed by atoms with Gasteiger partial charge in [0.05, 0.1) is 13.7 Å². The molecule has 0 radical (unpaired) electrons. The fourth-order valence-corrected chi connectivity index (χ4v) is 1.54. The van der Waals surface area contributed by atoms with Gasteiger partial charge in [-0.3, -0.25) is 0 Å². The summed E-state index contributed by atoms with van der Waals surface area (Å²) in [6.45, 7) is 5.92. The van der Waals surface area contributed by atoms with E-state index in [0.717, 1.165) is 17.0 Å². The van der Waals surface area contributed by atoms with Gasteiger partial charge in [0, 0.05) is 5.69 Å². The summed E-state index contributed by atoms with van der Waals surface area (Å²) < 4.78 is 10.1. The number of carbonyl (C=O) groups is 1. The first-order chi connectivity index (χ1) is 8.08. The summed E-state index contributed by atoms with van der Waals surface area (Å²) >= 11 is 0. The maximum absolute atomic E-state index is 11.4. The predicted octanol–water partition coefficient (Wildman–Crippen LogP) is 2.37. The van der Waals surface area contributed by atoms with Gasteiger partial charge in [0.1, 0.15) is 11.8 Å². The van der Waals surface area contributed by atoms with E-state index in [1.54, 1.807) is 21.0 Å². The summed E-state index contributed by atoms with van der Waals surface area (Å²) in [5.41, 5.74) is 1.90. The quantitative estimate of drug-likeness (QED) is 0.799. The van der Waals surface area contributed by atoms with Crippen molar-refractivity contribution in [3.05, 3.63) is 23.8 Å². The highest BCUT2D eigenvalue weighted by atomic mass is 16.5. The zero-order chi connectivity index (χ0) is 12.8. The number of methoxy groups -OCH3 is 1. The number of nitrogens with one attached hydrogen (secondary N) is 1. The van der Waals surface area contributed by atoms with Gasteiger partial charge in [0.2, 0.25) is 0 Å². The van der Waals surface area contributed by atoms with Crippen molar-refractivity contribution in [1.29, 1.82) is 0 Å². The standard InChI is InChI=1S/C13H19NO3/c1-5-17-13(15)10(3)14-11-6-7-12(16-4)9(2)8-11/h6-8,10,14H,5H2,1-4H3. The van der Waals surface area contributed by atoms with E-state index >= 15 is 0 Å². The Bertz CT molecular complexity index is 390. The lowest BCUT2D eigenvalue weighted by molar-refractivity contribution is -0.143. The van der Waals surface area contributed by atoms with Gasteiger partial charge in [-0.25, -0.2) is 4.79 Å². The van der Waals surface area contributed by atoms with E-state index in [0.29, 0.717) is 6.61 Å². The van der Waals surface area contributed by atoms with E-state index in [2.05, 4.69) is 5.32 Å².